The molecule has 19 heavy (non-hydrogen) atoms. The predicted octanol–water partition coefficient (Wildman–Crippen LogP) is 2.37. The Bertz CT molecular complexity index is 550. The SMILES string of the molecule is CCCn1ncnc1CNc1ccc(CC#N)cc1. The third kappa shape index (κ3) is 3.55. The van der Waals surface area contributed by atoms with Crippen LogP contribution in [0.25, 0.3) is 0 Å². The average Bonchev–Trinajstić information content (AvgIpc) is 2.86. The van der Waals surface area contributed by atoms with Crippen molar-refractivity contribution in [2.24, 2.45) is 0 Å². The van der Waals surface area contributed by atoms with Crippen LogP contribution in [0.2, 0.25) is 0 Å². The van der Waals surface area contributed by atoms with Crippen LogP contribution < -0.4 is 5.32 Å². The fraction of sp³-hybridized carbons (Fsp3) is 0.357. The van der Waals surface area contributed by atoms with E-state index in [9.17, 15) is 0 Å². The fourth-order valence-corrected chi connectivity index (χ4v) is 1.84. The Labute approximate surface area is 112 Å². The molecular weight excluding hydrogens is 238 g/mol. The highest BCUT2D eigenvalue weighted by Gasteiger charge is 2.03. The van der Waals surface area contributed by atoms with Gasteiger partial charge in [-0.05, 0) is 24.1 Å². The maximum Gasteiger partial charge on any atom is 0.146 e. The number of aromatic nitrogens is 3. The number of anilines is 1. The average molecular weight is 255 g/mol. The Morgan fingerprint density at radius 2 is 2.11 bits per heavy atom. The Balaban J connectivity index is 1.94. The van der Waals surface area contributed by atoms with Gasteiger partial charge in [0.25, 0.3) is 0 Å². The number of nitrogens with zero attached hydrogens (tertiary/aromatic N) is 4. The second-order valence-electron chi connectivity index (χ2n) is 4.28. The number of nitrogens with one attached hydrogen (secondary N) is 1. The van der Waals surface area contributed by atoms with Gasteiger partial charge < -0.3 is 5.32 Å². The molecule has 0 spiro atoms. The van der Waals surface area contributed by atoms with Crippen LogP contribution in [0, 0.1) is 11.3 Å². The number of nitriles is 1. The Hall–Kier alpha value is -2.35. The van der Waals surface area contributed by atoms with Crippen molar-refractivity contribution in [3.8, 4) is 6.07 Å². The first kappa shape index (κ1) is 13.1. The van der Waals surface area contributed by atoms with E-state index in [-0.39, 0.29) is 0 Å². The van der Waals surface area contributed by atoms with Crippen LogP contribution in [-0.2, 0) is 19.5 Å². The van der Waals surface area contributed by atoms with Gasteiger partial charge in [-0.3, -0.25) is 0 Å². The molecular formula is C14H17N5. The van der Waals surface area contributed by atoms with Gasteiger partial charge in [-0.25, -0.2) is 9.67 Å². The molecule has 1 aromatic heterocycles. The largest absolute Gasteiger partial charge is 0.378 e. The van der Waals surface area contributed by atoms with E-state index in [2.05, 4.69) is 28.4 Å². The van der Waals surface area contributed by atoms with Crippen molar-refractivity contribution >= 4 is 5.69 Å². The molecule has 0 radical (unpaired) electrons. The highest BCUT2D eigenvalue weighted by atomic mass is 15.3. The summed E-state index contributed by atoms with van der Waals surface area (Å²) < 4.78 is 1.91. The van der Waals surface area contributed by atoms with E-state index >= 15 is 0 Å². The van der Waals surface area contributed by atoms with Gasteiger partial charge in [0.1, 0.15) is 12.2 Å². The van der Waals surface area contributed by atoms with E-state index in [1.807, 2.05) is 28.9 Å². The zero-order valence-electron chi connectivity index (χ0n) is 11.0. The summed E-state index contributed by atoms with van der Waals surface area (Å²) in [6.45, 7) is 3.66. The maximum absolute atomic E-state index is 8.61. The maximum atomic E-state index is 8.61. The van der Waals surface area contributed by atoms with Crippen molar-refractivity contribution in [1.82, 2.24) is 14.8 Å². The predicted molar refractivity (Wildman–Crippen MR) is 73.4 cm³/mol. The number of hydrogen-bond acceptors (Lipinski definition) is 4. The van der Waals surface area contributed by atoms with Crippen molar-refractivity contribution in [2.75, 3.05) is 5.32 Å². The first-order chi connectivity index (χ1) is 9.33. The van der Waals surface area contributed by atoms with Gasteiger partial charge in [-0.15, -0.1) is 0 Å². The monoisotopic (exact) mass is 255 g/mol. The summed E-state index contributed by atoms with van der Waals surface area (Å²) in [7, 11) is 0. The van der Waals surface area contributed by atoms with E-state index in [0.29, 0.717) is 13.0 Å². The molecule has 0 unspecified atom stereocenters. The molecule has 0 saturated heterocycles. The number of hydrogen-bond donors (Lipinski definition) is 1. The third-order valence-electron chi connectivity index (χ3n) is 2.82. The van der Waals surface area contributed by atoms with Crippen molar-refractivity contribution in [3.63, 3.8) is 0 Å². The molecule has 1 heterocycles. The Kier molecular flexibility index (Phi) is 4.51. The second-order valence-corrected chi connectivity index (χ2v) is 4.28. The Morgan fingerprint density at radius 3 is 2.79 bits per heavy atom. The molecule has 1 aromatic carbocycles. The summed E-state index contributed by atoms with van der Waals surface area (Å²) in [5.41, 5.74) is 2.05. The topological polar surface area (TPSA) is 66.5 Å². The lowest BCUT2D eigenvalue weighted by molar-refractivity contribution is 0.574. The van der Waals surface area contributed by atoms with Gasteiger partial charge in [0.15, 0.2) is 0 Å². The molecule has 0 aliphatic heterocycles. The van der Waals surface area contributed by atoms with Crippen LogP contribution in [0.1, 0.15) is 24.7 Å². The van der Waals surface area contributed by atoms with Crippen molar-refractivity contribution in [2.45, 2.75) is 32.9 Å². The van der Waals surface area contributed by atoms with E-state index in [4.69, 9.17) is 5.26 Å². The van der Waals surface area contributed by atoms with Gasteiger partial charge >= 0.3 is 0 Å². The molecule has 2 aromatic rings. The van der Waals surface area contributed by atoms with Crippen molar-refractivity contribution in [3.05, 3.63) is 42.0 Å². The van der Waals surface area contributed by atoms with Crippen LogP contribution >= 0.6 is 0 Å². The zero-order valence-corrected chi connectivity index (χ0v) is 11.0. The summed E-state index contributed by atoms with van der Waals surface area (Å²) in [5, 5.41) is 16.1. The van der Waals surface area contributed by atoms with Crippen LogP contribution in [-0.4, -0.2) is 14.8 Å². The zero-order chi connectivity index (χ0) is 13.5. The minimum atomic E-state index is 0.450. The van der Waals surface area contributed by atoms with Crippen LogP contribution in [0.3, 0.4) is 0 Å². The van der Waals surface area contributed by atoms with Gasteiger partial charge in [-0.1, -0.05) is 19.1 Å². The first-order valence-corrected chi connectivity index (χ1v) is 6.40. The van der Waals surface area contributed by atoms with Gasteiger partial charge in [0, 0.05) is 12.2 Å². The molecule has 5 nitrogen and oxygen atoms in total. The molecule has 0 aliphatic rings. The minimum absolute atomic E-state index is 0.450. The third-order valence-corrected chi connectivity index (χ3v) is 2.82. The van der Waals surface area contributed by atoms with Gasteiger partial charge in [0.05, 0.1) is 19.0 Å². The molecule has 0 bridgehead atoms. The highest BCUT2D eigenvalue weighted by Crippen LogP contribution is 2.11. The number of benzene rings is 1. The van der Waals surface area contributed by atoms with Crippen molar-refractivity contribution in [1.29, 1.82) is 5.26 Å². The molecule has 1 N–H and O–H groups in total. The molecule has 0 atom stereocenters. The molecule has 0 fully saturated rings. The molecule has 0 amide bonds. The molecule has 98 valence electrons. The standard InChI is InChI=1S/C14H17N5/c1-2-9-19-14(17-11-18-19)10-16-13-5-3-12(4-6-13)7-8-15/h3-6,11,16H,2,7,9-10H2,1H3. The second kappa shape index (κ2) is 6.55. The summed E-state index contributed by atoms with van der Waals surface area (Å²) in [6, 6.07) is 10.0. The van der Waals surface area contributed by atoms with E-state index in [0.717, 1.165) is 30.0 Å². The van der Waals surface area contributed by atoms with Crippen LogP contribution in [0.15, 0.2) is 30.6 Å². The quantitative estimate of drug-likeness (QED) is 0.860. The minimum Gasteiger partial charge on any atom is -0.378 e. The van der Waals surface area contributed by atoms with Gasteiger partial charge in [-0.2, -0.15) is 10.4 Å². The first-order valence-electron chi connectivity index (χ1n) is 6.40. The van der Waals surface area contributed by atoms with E-state index < -0.39 is 0 Å². The smallest absolute Gasteiger partial charge is 0.146 e. The molecule has 2 rings (SSSR count). The number of aryl methyl sites for hydroxylation is 1. The number of rotatable bonds is 6. The van der Waals surface area contributed by atoms with E-state index in [1.54, 1.807) is 6.33 Å². The Morgan fingerprint density at radius 1 is 1.32 bits per heavy atom. The normalized spacial score (nSPS) is 10.1. The molecule has 0 saturated carbocycles. The highest BCUT2D eigenvalue weighted by molar-refractivity contribution is 5.44. The lowest BCUT2D eigenvalue weighted by Gasteiger charge is -2.08. The van der Waals surface area contributed by atoms with Crippen LogP contribution in [0.4, 0.5) is 5.69 Å². The van der Waals surface area contributed by atoms with Crippen LogP contribution in [0.5, 0.6) is 0 Å². The summed E-state index contributed by atoms with van der Waals surface area (Å²) >= 11 is 0. The van der Waals surface area contributed by atoms with Crippen molar-refractivity contribution < 1.29 is 0 Å². The lowest BCUT2D eigenvalue weighted by Crippen LogP contribution is -2.10. The lowest BCUT2D eigenvalue weighted by atomic mass is 10.1. The van der Waals surface area contributed by atoms with Gasteiger partial charge in [0.2, 0.25) is 0 Å². The summed E-state index contributed by atoms with van der Waals surface area (Å²) in [6.07, 6.45) is 3.08. The molecule has 5 heteroatoms. The fourth-order valence-electron chi connectivity index (χ4n) is 1.84. The summed E-state index contributed by atoms with van der Waals surface area (Å²) in [5.74, 6) is 0.933. The summed E-state index contributed by atoms with van der Waals surface area (Å²) in [4.78, 5) is 4.24. The molecule has 0 aliphatic carbocycles. The van der Waals surface area contributed by atoms with E-state index in [1.165, 1.54) is 0 Å².